The maximum atomic E-state index is 13.0. The topological polar surface area (TPSA) is 38.8 Å². The van der Waals surface area contributed by atoms with Gasteiger partial charge in [-0.15, -0.1) is 0 Å². The lowest BCUT2D eigenvalue weighted by atomic mass is 9.95. The number of carbonyl (C=O) groups is 1. The molecular formula is C20H22ClNO3. The summed E-state index contributed by atoms with van der Waals surface area (Å²) >= 11 is 6.05. The molecule has 0 aliphatic carbocycles. The number of hydrogen-bond acceptors (Lipinski definition) is 3. The van der Waals surface area contributed by atoms with Gasteiger partial charge in [0.2, 0.25) is 5.91 Å². The number of carbonyl (C=O) groups excluding carboxylic acids is 1. The Morgan fingerprint density at radius 2 is 2.16 bits per heavy atom. The summed E-state index contributed by atoms with van der Waals surface area (Å²) in [5, 5.41) is 0.683. The third kappa shape index (κ3) is 4.07. The fraction of sp³-hybridized carbons (Fsp3) is 0.350. The fourth-order valence-electron chi connectivity index (χ4n) is 3.12. The van der Waals surface area contributed by atoms with Crippen LogP contribution in [0.4, 0.5) is 0 Å². The van der Waals surface area contributed by atoms with Gasteiger partial charge in [0.05, 0.1) is 13.0 Å². The van der Waals surface area contributed by atoms with E-state index < -0.39 is 0 Å². The lowest BCUT2D eigenvalue weighted by molar-refractivity contribution is -0.137. The van der Waals surface area contributed by atoms with Crippen LogP contribution in [0.15, 0.2) is 42.5 Å². The number of halogens is 1. The molecule has 2 aromatic rings. The summed E-state index contributed by atoms with van der Waals surface area (Å²) < 4.78 is 11.1. The van der Waals surface area contributed by atoms with Gasteiger partial charge < -0.3 is 14.4 Å². The van der Waals surface area contributed by atoms with Crippen LogP contribution < -0.4 is 9.47 Å². The number of hydrogen-bond donors (Lipinski definition) is 0. The van der Waals surface area contributed by atoms with Crippen LogP contribution >= 0.6 is 11.6 Å². The maximum Gasteiger partial charge on any atom is 0.229 e. The Labute approximate surface area is 153 Å². The summed E-state index contributed by atoms with van der Waals surface area (Å²) in [5.41, 5.74) is 2.05. The third-order valence-corrected chi connectivity index (χ3v) is 4.71. The van der Waals surface area contributed by atoms with Gasteiger partial charge in [-0.1, -0.05) is 23.7 Å². The highest BCUT2D eigenvalue weighted by Gasteiger charge is 2.29. The highest BCUT2D eigenvalue weighted by molar-refractivity contribution is 6.30. The van der Waals surface area contributed by atoms with Crippen LogP contribution in [0.1, 0.15) is 18.1 Å². The van der Waals surface area contributed by atoms with Crippen LogP contribution in [0, 0.1) is 5.92 Å². The van der Waals surface area contributed by atoms with E-state index in [1.807, 2.05) is 54.3 Å². The number of benzene rings is 2. The van der Waals surface area contributed by atoms with Crippen molar-refractivity contribution in [3.8, 4) is 11.5 Å². The number of methoxy groups -OCH3 is 1. The van der Waals surface area contributed by atoms with Gasteiger partial charge in [-0.25, -0.2) is 0 Å². The van der Waals surface area contributed by atoms with Crippen LogP contribution in [-0.2, 0) is 17.8 Å². The summed E-state index contributed by atoms with van der Waals surface area (Å²) in [5.74, 6) is 1.54. The zero-order chi connectivity index (χ0) is 17.8. The third-order valence-electron chi connectivity index (χ3n) is 4.48. The molecule has 0 radical (unpaired) electrons. The summed E-state index contributed by atoms with van der Waals surface area (Å²) in [6, 6.07) is 13.3. The first kappa shape index (κ1) is 17.6. The van der Waals surface area contributed by atoms with Crippen molar-refractivity contribution in [2.45, 2.75) is 19.9 Å². The Morgan fingerprint density at radius 1 is 1.32 bits per heavy atom. The van der Waals surface area contributed by atoms with Gasteiger partial charge in [-0.05, 0) is 54.8 Å². The minimum atomic E-state index is -0.182. The van der Waals surface area contributed by atoms with Crippen LogP contribution in [-0.4, -0.2) is 31.1 Å². The molecule has 1 unspecified atom stereocenters. The number of amides is 1. The van der Waals surface area contributed by atoms with Crippen LogP contribution in [0.3, 0.4) is 0 Å². The standard InChI is InChI=1S/C20H22ClNO3/c1-3-22(12-14-5-4-6-17(21)9-14)20(23)16-10-15-11-18(24-2)7-8-19(15)25-13-16/h4-9,11,16H,3,10,12-13H2,1-2H3. The summed E-state index contributed by atoms with van der Waals surface area (Å²) in [6.45, 7) is 3.59. The maximum absolute atomic E-state index is 13.0. The average Bonchev–Trinajstić information content (AvgIpc) is 2.64. The van der Waals surface area contributed by atoms with Gasteiger partial charge in [0.1, 0.15) is 18.1 Å². The van der Waals surface area contributed by atoms with Crippen molar-refractivity contribution in [1.82, 2.24) is 4.90 Å². The fourth-order valence-corrected chi connectivity index (χ4v) is 3.33. The Bertz CT molecular complexity index is 762. The lowest BCUT2D eigenvalue weighted by Gasteiger charge is -2.30. The van der Waals surface area contributed by atoms with Crippen molar-refractivity contribution in [1.29, 1.82) is 0 Å². The van der Waals surface area contributed by atoms with E-state index in [9.17, 15) is 4.79 Å². The van der Waals surface area contributed by atoms with E-state index in [0.717, 1.165) is 22.6 Å². The molecule has 3 rings (SSSR count). The van der Waals surface area contributed by atoms with Crippen LogP contribution in [0.2, 0.25) is 5.02 Å². The Hall–Kier alpha value is -2.20. The van der Waals surface area contributed by atoms with Crippen molar-refractivity contribution < 1.29 is 14.3 Å². The second-order valence-electron chi connectivity index (χ2n) is 6.17. The minimum absolute atomic E-state index is 0.107. The van der Waals surface area contributed by atoms with Crippen molar-refractivity contribution in [3.05, 3.63) is 58.6 Å². The molecule has 0 aromatic heterocycles. The Kier molecular flexibility index (Phi) is 5.49. The number of nitrogens with zero attached hydrogens (tertiary/aromatic N) is 1. The van der Waals surface area contributed by atoms with Gasteiger partial charge in [0, 0.05) is 18.1 Å². The first-order chi connectivity index (χ1) is 12.1. The zero-order valence-corrected chi connectivity index (χ0v) is 15.3. The average molecular weight is 360 g/mol. The predicted molar refractivity (Wildman–Crippen MR) is 98.2 cm³/mol. The van der Waals surface area contributed by atoms with Gasteiger partial charge in [-0.2, -0.15) is 0 Å². The van der Waals surface area contributed by atoms with Gasteiger partial charge >= 0.3 is 0 Å². The summed E-state index contributed by atoms with van der Waals surface area (Å²) in [6.07, 6.45) is 0.664. The molecule has 25 heavy (non-hydrogen) atoms. The van der Waals surface area contributed by atoms with E-state index >= 15 is 0 Å². The lowest BCUT2D eigenvalue weighted by Crippen LogP contribution is -2.40. The molecule has 0 fully saturated rings. The van der Waals surface area contributed by atoms with E-state index in [1.54, 1.807) is 7.11 Å². The summed E-state index contributed by atoms with van der Waals surface area (Å²) in [4.78, 5) is 14.8. The number of fused-ring (bicyclic) bond motifs is 1. The SMILES string of the molecule is CCN(Cc1cccc(Cl)c1)C(=O)C1COc2ccc(OC)cc2C1. The summed E-state index contributed by atoms with van der Waals surface area (Å²) in [7, 11) is 1.64. The largest absolute Gasteiger partial charge is 0.497 e. The second-order valence-corrected chi connectivity index (χ2v) is 6.60. The van der Waals surface area contributed by atoms with Gasteiger partial charge in [-0.3, -0.25) is 4.79 Å². The molecular weight excluding hydrogens is 338 g/mol. The van der Waals surface area contributed by atoms with E-state index in [-0.39, 0.29) is 11.8 Å². The van der Waals surface area contributed by atoms with Crippen molar-refractivity contribution in [2.24, 2.45) is 5.92 Å². The van der Waals surface area contributed by atoms with Crippen molar-refractivity contribution >= 4 is 17.5 Å². The molecule has 1 amide bonds. The molecule has 0 N–H and O–H groups in total. The van der Waals surface area contributed by atoms with E-state index in [2.05, 4.69) is 0 Å². The normalized spacial score (nSPS) is 15.9. The second kappa shape index (κ2) is 7.79. The van der Waals surface area contributed by atoms with Crippen LogP contribution in [0.25, 0.3) is 0 Å². The van der Waals surface area contributed by atoms with Gasteiger partial charge in [0.25, 0.3) is 0 Å². The number of ether oxygens (including phenoxy) is 2. The predicted octanol–water partition coefficient (Wildman–Crippen LogP) is 3.95. The molecule has 1 aliphatic rings. The molecule has 4 nitrogen and oxygen atoms in total. The van der Waals surface area contributed by atoms with E-state index in [1.165, 1.54) is 0 Å². The molecule has 1 heterocycles. The Balaban J connectivity index is 1.72. The van der Waals surface area contributed by atoms with Gasteiger partial charge in [0.15, 0.2) is 0 Å². The smallest absolute Gasteiger partial charge is 0.229 e. The van der Waals surface area contributed by atoms with Crippen molar-refractivity contribution in [3.63, 3.8) is 0 Å². The first-order valence-electron chi connectivity index (χ1n) is 8.43. The molecule has 2 aromatic carbocycles. The molecule has 5 heteroatoms. The molecule has 0 saturated carbocycles. The minimum Gasteiger partial charge on any atom is -0.497 e. The Morgan fingerprint density at radius 3 is 2.88 bits per heavy atom. The van der Waals surface area contributed by atoms with E-state index in [4.69, 9.17) is 21.1 Å². The molecule has 1 aliphatic heterocycles. The molecule has 132 valence electrons. The highest BCUT2D eigenvalue weighted by atomic mass is 35.5. The quantitative estimate of drug-likeness (QED) is 0.811. The van der Waals surface area contributed by atoms with Crippen LogP contribution in [0.5, 0.6) is 11.5 Å². The number of rotatable bonds is 5. The molecule has 1 atom stereocenters. The molecule has 0 spiro atoms. The molecule has 0 saturated heterocycles. The highest BCUT2D eigenvalue weighted by Crippen LogP contribution is 2.31. The van der Waals surface area contributed by atoms with Crippen molar-refractivity contribution in [2.75, 3.05) is 20.3 Å². The zero-order valence-electron chi connectivity index (χ0n) is 14.5. The first-order valence-corrected chi connectivity index (χ1v) is 8.81. The van der Waals surface area contributed by atoms with E-state index in [0.29, 0.717) is 31.1 Å². The monoisotopic (exact) mass is 359 g/mol. The molecule has 0 bridgehead atoms.